The van der Waals surface area contributed by atoms with Crippen molar-refractivity contribution >= 4 is 17.5 Å². The van der Waals surface area contributed by atoms with Crippen molar-refractivity contribution in [3.8, 4) is 22.5 Å². The number of aryl methyl sites for hydroxylation is 2. The van der Waals surface area contributed by atoms with Crippen molar-refractivity contribution in [3.63, 3.8) is 0 Å². The second kappa shape index (κ2) is 10.0. The molecule has 0 unspecified atom stereocenters. The van der Waals surface area contributed by atoms with Gasteiger partial charge in [0.1, 0.15) is 17.0 Å². The Morgan fingerprint density at radius 3 is 1.82 bits per heavy atom. The van der Waals surface area contributed by atoms with Crippen molar-refractivity contribution in [3.05, 3.63) is 73.1 Å². The number of nitrogen functional groups attached to an aromatic ring is 1. The molecule has 1 amide bonds. The topological polar surface area (TPSA) is 100.0 Å². The quantitative estimate of drug-likeness (QED) is 0.456. The van der Waals surface area contributed by atoms with Gasteiger partial charge in [0.05, 0.1) is 11.4 Å². The number of nitrogens with zero attached hydrogens (tertiary/aromatic N) is 4. The first-order valence-electron chi connectivity index (χ1n) is 10.6. The van der Waals surface area contributed by atoms with Gasteiger partial charge in [0.15, 0.2) is 0 Å². The standard InChI is InChI=1S/C15H19N3O2.C10H11N3/c1-15(2,3)20-14(19)16-12-10-18(4)17-13(12)11-8-6-5-7-9-11;1-13-7-9(11)10(12-13)8-5-3-2-4-6-8/h5-10H,1-4H3,(H,16,19);2-7H,11H2,1H3. The Labute approximate surface area is 194 Å². The molecule has 2 aromatic heterocycles. The third kappa shape index (κ3) is 6.70. The van der Waals surface area contributed by atoms with Gasteiger partial charge in [-0.2, -0.15) is 10.2 Å². The number of ether oxygens (including phenoxy) is 1. The van der Waals surface area contributed by atoms with E-state index in [1.165, 1.54) is 0 Å². The average Bonchev–Trinajstić information content (AvgIpc) is 3.29. The molecule has 0 saturated heterocycles. The molecule has 0 aliphatic carbocycles. The summed E-state index contributed by atoms with van der Waals surface area (Å²) in [5, 5.41) is 11.4. The maximum atomic E-state index is 11.9. The molecule has 0 atom stereocenters. The van der Waals surface area contributed by atoms with Crippen LogP contribution in [0, 0.1) is 0 Å². The minimum atomic E-state index is -0.529. The second-order valence-electron chi connectivity index (χ2n) is 8.53. The van der Waals surface area contributed by atoms with Crippen LogP contribution >= 0.6 is 0 Å². The number of aromatic nitrogens is 4. The summed E-state index contributed by atoms with van der Waals surface area (Å²) in [6, 6.07) is 19.6. The fourth-order valence-electron chi connectivity index (χ4n) is 3.13. The first kappa shape index (κ1) is 23.6. The van der Waals surface area contributed by atoms with Gasteiger partial charge in [-0.3, -0.25) is 14.7 Å². The first-order valence-corrected chi connectivity index (χ1v) is 10.6. The molecule has 0 bridgehead atoms. The van der Waals surface area contributed by atoms with E-state index in [0.29, 0.717) is 11.4 Å². The van der Waals surface area contributed by atoms with Gasteiger partial charge in [-0.15, -0.1) is 0 Å². The van der Waals surface area contributed by atoms with Crippen LogP contribution < -0.4 is 11.1 Å². The predicted molar refractivity (Wildman–Crippen MR) is 132 cm³/mol. The van der Waals surface area contributed by atoms with Crippen molar-refractivity contribution in [1.29, 1.82) is 0 Å². The van der Waals surface area contributed by atoms with E-state index in [2.05, 4.69) is 15.5 Å². The monoisotopic (exact) mass is 446 g/mol. The number of hydrogen-bond acceptors (Lipinski definition) is 5. The molecule has 3 N–H and O–H groups in total. The molecule has 33 heavy (non-hydrogen) atoms. The fraction of sp³-hybridized carbons (Fsp3) is 0.240. The summed E-state index contributed by atoms with van der Waals surface area (Å²) in [4.78, 5) is 11.9. The molecule has 2 heterocycles. The molecule has 8 heteroatoms. The van der Waals surface area contributed by atoms with Crippen molar-refractivity contribution in [2.75, 3.05) is 11.1 Å². The van der Waals surface area contributed by atoms with Crippen LogP contribution in [0.15, 0.2) is 73.1 Å². The number of carbonyl (C=O) groups is 1. The van der Waals surface area contributed by atoms with Gasteiger partial charge >= 0.3 is 6.09 Å². The number of benzene rings is 2. The number of amides is 1. The van der Waals surface area contributed by atoms with Crippen LogP contribution in [0.3, 0.4) is 0 Å². The van der Waals surface area contributed by atoms with Crippen LogP contribution in [0.25, 0.3) is 22.5 Å². The molecular weight excluding hydrogens is 416 g/mol. The summed E-state index contributed by atoms with van der Waals surface area (Å²) in [5.74, 6) is 0. The molecule has 0 aliphatic rings. The first-order chi connectivity index (χ1) is 15.6. The number of rotatable bonds is 3. The Balaban J connectivity index is 0.000000203. The van der Waals surface area contributed by atoms with E-state index in [9.17, 15) is 4.79 Å². The zero-order valence-electron chi connectivity index (χ0n) is 19.6. The molecule has 0 radical (unpaired) electrons. The summed E-state index contributed by atoms with van der Waals surface area (Å²) in [6.07, 6.45) is 3.08. The highest BCUT2D eigenvalue weighted by Gasteiger charge is 2.19. The summed E-state index contributed by atoms with van der Waals surface area (Å²) in [6.45, 7) is 5.48. The van der Waals surface area contributed by atoms with E-state index in [-0.39, 0.29) is 0 Å². The summed E-state index contributed by atoms with van der Waals surface area (Å²) in [5.41, 5.74) is 10.2. The Morgan fingerprint density at radius 2 is 1.33 bits per heavy atom. The molecule has 0 fully saturated rings. The SMILES string of the molecule is Cn1cc(N)c(-c2ccccc2)n1.Cn1cc(NC(=O)OC(C)(C)C)c(-c2ccccc2)n1. The lowest BCUT2D eigenvalue weighted by atomic mass is 10.1. The minimum absolute atomic E-state index is 0.484. The normalized spacial score (nSPS) is 10.8. The van der Waals surface area contributed by atoms with Gasteiger partial charge in [0.25, 0.3) is 0 Å². The Bertz CT molecular complexity index is 1190. The van der Waals surface area contributed by atoms with Crippen molar-refractivity contribution < 1.29 is 9.53 Å². The van der Waals surface area contributed by atoms with E-state index in [4.69, 9.17) is 10.5 Å². The van der Waals surface area contributed by atoms with Crippen molar-refractivity contribution in [2.24, 2.45) is 14.1 Å². The summed E-state index contributed by atoms with van der Waals surface area (Å²) in [7, 11) is 3.68. The van der Waals surface area contributed by atoms with E-state index in [1.807, 2.05) is 102 Å². The average molecular weight is 447 g/mol. The van der Waals surface area contributed by atoms with Crippen LogP contribution in [-0.2, 0) is 18.8 Å². The highest BCUT2D eigenvalue weighted by Crippen LogP contribution is 2.26. The highest BCUT2D eigenvalue weighted by molar-refractivity contribution is 5.90. The third-order valence-corrected chi connectivity index (χ3v) is 4.42. The van der Waals surface area contributed by atoms with Gasteiger partial charge in [-0.05, 0) is 20.8 Å². The lowest BCUT2D eigenvalue weighted by molar-refractivity contribution is 0.0636. The maximum absolute atomic E-state index is 11.9. The summed E-state index contributed by atoms with van der Waals surface area (Å²) >= 11 is 0. The molecule has 2 aromatic carbocycles. The van der Waals surface area contributed by atoms with Gasteiger partial charge in [-0.1, -0.05) is 60.7 Å². The van der Waals surface area contributed by atoms with Crippen LogP contribution in [0.5, 0.6) is 0 Å². The van der Waals surface area contributed by atoms with Crippen molar-refractivity contribution in [1.82, 2.24) is 19.6 Å². The molecule has 172 valence electrons. The molecular formula is C25H30N6O2. The summed E-state index contributed by atoms with van der Waals surface area (Å²) < 4.78 is 8.64. The smallest absolute Gasteiger partial charge is 0.412 e. The molecule has 4 aromatic rings. The minimum Gasteiger partial charge on any atom is -0.444 e. The number of nitrogens with two attached hydrogens (primary N) is 1. The Hall–Kier alpha value is -4.07. The largest absolute Gasteiger partial charge is 0.444 e. The Morgan fingerprint density at radius 1 is 0.848 bits per heavy atom. The molecule has 0 aliphatic heterocycles. The predicted octanol–water partition coefficient (Wildman–Crippen LogP) is 5.10. The van der Waals surface area contributed by atoms with Crippen LogP contribution in [-0.4, -0.2) is 31.3 Å². The Kier molecular flexibility index (Phi) is 7.17. The fourth-order valence-corrected chi connectivity index (χ4v) is 3.13. The number of hydrogen-bond donors (Lipinski definition) is 2. The van der Waals surface area contributed by atoms with Crippen LogP contribution in [0.4, 0.5) is 16.2 Å². The molecule has 0 saturated carbocycles. The van der Waals surface area contributed by atoms with Gasteiger partial charge in [0.2, 0.25) is 0 Å². The van der Waals surface area contributed by atoms with E-state index in [0.717, 1.165) is 22.5 Å². The zero-order valence-corrected chi connectivity index (χ0v) is 19.6. The van der Waals surface area contributed by atoms with Gasteiger partial charge < -0.3 is 10.5 Å². The van der Waals surface area contributed by atoms with Gasteiger partial charge in [0, 0.05) is 37.6 Å². The number of carbonyl (C=O) groups excluding carboxylic acids is 1. The maximum Gasteiger partial charge on any atom is 0.412 e. The number of anilines is 2. The lowest BCUT2D eigenvalue weighted by Gasteiger charge is -2.19. The van der Waals surface area contributed by atoms with Gasteiger partial charge in [-0.25, -0.2) is 4.79 Å². The lowest BCUT2D eigenvalue weighted by Crippen LogP contribution is -2.27. The molecule has 0 spiro atoms. The molecule has 4 rings (SSSR count). The number of nitrogens with one attached hydrogen (secondary N) is 1. The second-order valence-corrected chi connectivity index (χ2v) is 8.53. The highest BCUT2D eigenvalue weighted by atomic mass is 16.6. The van der Waals surface area contributed by atoms with E-state index >= 15 is 0 Å². The van der Waals surface area contributed by atoms with Crippen LogP contribution in [0.1, 0.15) is 20.8 Å². The van der Waals surface area contributed by atoms with Crippen molar-refractivity contribution in [2.45, 2.75) is 26.4 Å². The third-order valence-electron chi connectivity index (χ3n) is 4.42. The van der Waals surface area contributed by atoms with E-state index < -0.39 is 11.7 Å². The zero-order chi connectivity index (χ0) is 24.0. The van der Waals surface area contributed by atoms with Crippen LogP contribution in [0.2, 0.25) is 0 Å². The molecule has 8 nitrogen and oxygen atoms in total. The van der Waals surface area contributed by atoms with E-state index in [1.54, 1.807) is 15.6 Å².